The summed E-state index contributed by atoms with van der Waals surface area (Å²) in [6.07, 6.45) is 2.63. The highest BCUT2D eigenvalue weighted by atomic mass is 35.5. The lowest BCUT2D eigenvalue weighted by Gasteiger charge is -2.38. The van der Waals surface area contributed by atoms with Crippen LogP contribution < -0.4 is 19.5 Å². The number of nitrogens with one attached hydrogen (secondary N) is 1. The first-order chi connectivity index (χ1) is 19.0. The maximum Gasteiger partial charge on any atom is 0.246 e. The van der Waals surface area contributed by atoms with Gasteiger partial charge >= 0.3 is 0 Å². The normalized spacial score (nSPS) is 13.2. The Hall–Kier alpha value is -4.41. The summed E-state index contributed by atoms with van der Waals surface area (Å²) in [5, 5.41) is 4.50. The number of anilines is 2. The van der Waals surface area contributed by atoms with Crippen LogP contribution in [0.3, 0.4) is 0 Å². The Labute approximate surface area is 232 Å². The Kier molecular flexibility index (Phi) is 6.64. The molecule has 196 valence electrons. The summed E-state index contributed by atoms with van der Waals surface area (Å²) >= 11 is 8.12. The third-order valence-electron chi connectivity index (χ3n) is 6.27. The van der Waals surface area contributed by atoms with Gasteiger partial charge in [-0.05, 0) is 42.5 Å². The molecule has 11 heteroatoms. The summed E-state index contributed by atoms with van der Waals surface area (Å²) < 4.78 is 18.7. The second-order valence-corrected chi connectivity index (χ2v) is 10.1. The van der Waals surface area contributed by atoms with Crippen LogP contribution in [0.4, 0.5) is 11.5 Å². The molecule has 1 saturated heterocycles. The summed E-state index contributed by atoms with van der Waals surface area (Å²) in [6, 6.07) is 14.8. The van der Waals surface area contributed by atoms with Crippen molar-refractivity contribution in [1.82, 2.24) is 19.9 Å². The quantitative estimate of drug-likeness (QED) is 0.224. The molecule has 3 heterocycles. The molecule has 0 unspecified atom stereocenters. The van der Waals surface area contributed by atoms with Crippen LogP contribution in [0.2, 0.25) is 5.02 Å². The molecule has 1 amide bonds. The largest absolute Gasteiger partial charge is 0.493 e. The van der Waals surface area contributed by atoms with Crippen molar-refractivity contribution in [3.63, 3.8) is 0 Å². The van der Waals surface area contributed by atoms with E-state index >= 15 is 0 Å². The van der Waals surface area contributed by atoms with Crippen molar-refractivity contribution in [2.45, 2.75) is 6.10 Å². The predicted molar refractivity (Wildman–Crippen MR) is 152 cm³/mol. The van der Waals surface area contributed by atoms with E-state index in [1.54, 1.807) is 47.1 Å². The van der Waals surface area contributed by atoms with Gasteiger partial charge in [-0.25, -0.2) is 15.0 Å². The van der Waals surface area contributed by atoms with E-state index < -0.39 is 0 Å². The van der Waals surface area contributed by atoms with Crippen LogP contribution in [-0.4, -0.2) is 52.1 Å². The maximum absolute atomic E-state index is 11.8. The summed E-state index contributed by atoms with van der Waals surface area (Å²) in [6.45, 7) is 4.48. The first kappa shape index (κ1) is 24.9. The van der Waals surface area contributed by atoms with Crippen LogP contribution in [-0.2, 0) is 4.79 Å². The molecule has 0 bridgehead atoms. The zero-order valence-corrected chi connectivity index (χ0v) is 22.3. The Bertz CT molecular complexity index is 1720. The molecule has 9 nitrogen and oxygen atoms in total. The maximum atomic E-state index is 11.8. The molecular formula is C28H22ClN5O4S. The Morgan fingerprint density at radius 3 is 2.74 bits per heavy atom. The standard InChI is InChI=1S/C28H22ClN5O4S/c1-3-27(35)34-12-18(13-34)38-25-10-19-22(11-24(25)36-2)30-14-31-28(19)33-16-4-7-23(20(29)8-16)37-17-5-6-21-26(9-17)39-15-32-21/h3-11,14-15,18H,1,12-13H2,2H3,(H,30,31,33). The number of rotatable bonds is 8. The van der Waals surface area contributed by atoms with E-state index in [0.29, 0.717) is 52.4 Å². The Balaban J connectivity index is 1.22. The average Bonchev–Trinajstić information content (AvgIpc) is 3.39. The fourth-order valence-electron chi connectivity index (χ4n) is 4.24. The molecule has 0 spiro atoms. The second kappa shape index (κ2) is 10.4. The minimum atomic E-state index is -0.149. The zero-order valence-electron chi connectivity index (χ0n) is 20.8. The topological polar surface area (TPSA) is 98.7 Å². The number of hydrogen-bond acceptors (Lipinski definition) is 9. The number of hydrogen-bond donors (Lipinski definition) is 1. The van der Waals surface area contributed by atoms with Crippen molar-refractivity contribution in [3.8, 4) is 23.0 Å². The van der Waals surface area contributed by atoms with E-state index in [1.165, 1.54) is 12.4 Å². The van der Waals surface area contributed by atoms with Gasteiger partial charge in [-0.1, -0.05) is 18.2 Å². The van der Waals surface area contributed by atoms with Gasteiger partial charge in [0, 0.05) is 23.2 Å². The number of aromatic nitrogens is 3. The number of ether oxygens (including phenoxy) is 3. The monoisotopic (exact) mass is 559 g/mol. The fourth-order valence-corrected chi connectivity index (χ4v) is 5.17. The average molecular weight is 560 g/mol. The highest BCUT2D eigenvalue weighted by Crippen LogP contribution is 2.38. The molecule has 1 aliphatic heterocycles. The minimum Gasteiger partial charge on any atom is -0.493 e. The number of benzene rings is 3. The van der Waals surface area contributed by atoms with Crippen LogP contribution >= 0.6 is 22.9 Å². The van der Waals surface area contributed by atoms with Crippen molar-refractivity contribution < 1.29 is 19.0 Å². The SMILES string of the molecule is C=CC(=O)N1CC(Oc2cc3c(Nc4ccc(Oc5ccc6ncsc6c5)c(Cl)c4)ncnc3cc2OC)C1. The van der Waals surface area contributed by atoms with Crippen LogP contribution in [0.25, 0.3) is 21.1 Å². The summed E-state index contributed by atoms with van der Waals surface area (Å²) in [4.78, 5) is 26.5. The van der Waals surface area contributed by atoms with Gasteiger partial charge in [-0.2, -0.15) is 0 Å². The van der Waals surface area contributed by atoms with Crippen molar-refractivity contribution in [2.24, 2.45) is 0 Å². The molecule has 3 aromatic carbocycles. The molecule has 0 atom stereocenters. The highest BCUT2D eigenvalue weighted by Gasteiger charge is 2.31. The van der Waals surface area contributed by atoms with Gasteiger partial charge < -0.3 is 24.4 Å². The molecule has 0 saturated carbocycles. The first-order valence-electron chi connectivity index (χ1n) is 12.0. The molecule has 39 heavy (non-hydrogen) atoms. The van der Waals surface area contributed by atoms with E-state index in [2.05, 4.69) is 26.8 Å². The van der Waals surface area contributed by atoms with Gasteiger partial charge in [0.2, 0.25) is 5.91 Å². The van der Waals surface area contributed by atoms with Crippen LogP contribution in [0.5, 0.6) is 23.0 Å². The number of fused-ring (bicyclic) bond motifs is 2. The third kappa shape index (κ3) is 5.04. The van der Waals surface area contributed by atoms with Crippen LogP contribution in [0.1, 0.15) is 0 Å². The lowest BCUT2D eigenvalue weighted by Crippen LogP contribution is -2.55. The number of nitrogens with zero attached hydrogens (tertiary/aromatic N) is 4. The number of amides is 1. The Morgan fingerprint density at radius 2 is 1.95 bits per heavy atom. The summed E-state index contributed by atoms with van der Waals surface area (Å²) in [7, 11) is 1.57. The van der Waals surface area contributed by atoms with E-state index in [9.17, 15) is 4.79 Å². The molecule has 1 aliphatic rings. The number of carbonyl (C=O) groups is 1. The minimum absolute atomic E-state index is 0.115. The molecule has 5 aromatic rings. The van der Waals surface area contributed by atoms with Gasteiger partial charge in [-0.3, -0.25) is 4.79 Å². The molecule has 6 rings (SSSR count). The molecule has 0 radical (unpaired) electrons. The fraction of sp³-hybridized carbons (Fsp3) is 0.143. The number of thiazole rings is 1. The van der Waals surface area contributed by atoms with E-state index in [4.69, 9.17) is 25.8 Å². The predicted octanol–water partition coefficient (Wildman–Crippen LogP) is 6.21. The number of carbonyl (C=O) groups excluding carboxylic acids is 1. The van der Waals surface area contributed by atoms with Gasteiger partial charge in [0.15, 0.2) is 11.5 Å². The van der Waals surface area contributed by atoms with Gasteiger partial charge in [0.1, 0.15) is 29.7 Å². The van der Waals surface area contributed by atoms with E-state index in [-0.39, 0.29) is 12.0 Å². The van der Waals surface area contributed by atoms with Crippen molar-refractivity contribution >= 4 is 61.5 Å². The molecule has 0 aliphatic carbocycles. The van der Waals surface area contributed by atoms with Gasteiger partial charge in [0.25, 0.3) is 0 Å². The second-order valence-electron chi connectivity index (χ2n) is 8.78. The van der Waals surface area contributed by atoms with Crippen molar-refractivity contribution in [1.29, 1.82) is 0 Å². The Morgan fingerprint density at radius 1 is 1.08 bits per heavy atom. The van der Waals surface area contributed by atoms with Gasteiger partial charge in [0.05, 0.1) is 46.5 Å². The number of methoxy groups -OCH3 is 1. The third-order valence-corrected chi connectivity index (χ3v) is 7.36. The molecular weight excluding hydrogens is 538 g/mol. The van der Waals surface area contributed by atoms with E-state index in [1.807, 2.05) is 30.3 Å². The molecule has 1 N–H and O–H groups in total. The summed E-state index contributed by atoms with van der Waals surface area (Å²) in [5.74, 6) is 2.76. The smallest absolute Gasteiger partial charge is 0.246 e. The highest BCUT2D eigenvalue weighted by molar-refractivity contribution is 7.16. The van der Waals surface area contributed by atoms with Crippen molar-refractivity contribution in [2.75, 3.05) is 25.5 Å². The molecule has 2 aromatic heterocycles. The number of halogens is 1. The van der Waals surface area contributed by atoms with Crippen molar-refractivity contribution in [3.05, 3.63) is 78.0 Å². The first-order valence-corrected chi connectivity index (χ1v) is 13.2. The summed E-state index contributed by atoms with van der Waals surface area (Å²) in [5.41, 5.74) is 4.13. The zero-order chi connectivity index (χ0) is 26.9. The lowest BCUT2D eigenvalue weighted by atomic mass is 10.1. The number of likely N-dealkylation sites (tertiary alicyclic amines) is 1. The van der Waals surface area contributed by atoms with Gasteiger partial charge in [-0.15, -0.1) is 11.3 Å². The van der Waals surface area contributed by atoms with Crippen LogP contribution in [0, 0.1) is 0 Å². The lowest BCUT2D eigenvalue weighted by molar-refractivity contribution is -0.134. The van der Waals surface area contributed by atoms with E-state index in [0.717, 1.165) is 21.3 Å². The van der Waals surface area contributed by atoms with Crippen LogP contribution in [0.15, 0.2) is 73.0 Å². The molecule has 1 fully saturated rings.